The maximum absolute atomic E-state index is 14.1. The van der Waals surface area contributed by atoms with Crippen LogP contribution in [0.5, 0.6) is 5.75 Å². The van der Waals surface area contributed by atoms with E-state index in [0.717, 1.165) is 28.7 Å². The third kappa shape index (κ3) is 3.16. The summed E-state index contributed by atoms with van der Waals surface area (Å²) in [5.74, 6) is -2.68. The van der Waals surface area contributed by atoms with Gasteiger partial charge in [-0.25, -0.2) is 21.6 Å². The van der Waals surface area contributed by atoms with Crippen molar-refractivity contribution in [3.05, 3.63) is 71.0 Å². The van der Waals surface area contributed by atoms with Crippen molar-refractivity contribution in [3.63, 3.8) is 0 Å². The Kier molecular flexibility index (Phi) is 4.14. The van der Waals surface area contributed by atoms with E-state index >= 15 is 0 Å². The summed E-state index contributed by atoms with van der Waals surface area (Å²) < 4.78 is 70.0. The molecule has 7 heteroatoms. The lowest BCUT2D eigenvalue weighted by molar-refractivity contribution is 0.172. The van der Waals surface area contributed by atoms with Crippen LogP contribution in [0.15, 0.2) is 47.4 Å². The van der Waals surface area contributed by atoms with Gasteiger partial charge >= 0.3 is 0 Å². The molecule has 0 N–H and O–H groups in total. The van der Waals surface area contributed by atoms with E-state index in [1.807, 2.05) is 0 Å². The fraction of sp³-hybridized carbons (Fsp3) is 0.200. The number of aryl methyl sites for hydroxylation is 1. The molecule has 27 heavy (non-hydrogen) atoms. The van der Waals surface area contributed by atoms with Gasteiger partial charge in [-0.1, -0.05) is 12.1 Å². The summed E-state index contributed by atoms with van der Waals surface area (Å²) in [6.07, 6.45) is 1.35. The molecule has 3 aromatic carbocycles. The molecule has 0 amide bonds. The number of fused-ring (bicyclic) bond motifs is 3. The summed E-state index contributed by atoms with van der Waals surface area (Å²) in [6.45, 7) is 0. The Labute approximate surface area is 154 Å². The molecule has 0 saturated carbocycles. The van der Waals surface area contributed by atoms with Crippen molar-refractivity contribution in [1.29, 1.82) is 0 Å². The van der Waals surface area contributed by atoms with Gasteiger partial charge in [-0.3, -0.25) is 0 Å². The predicted molar refractivity (Wildman–Crippen MR) is 95.1 cm³/mol. The van der Waals surface area contributed by atoms with E-state index < -0.39 is 33.4 Å². The Hall–Kier alpha value is -2.54. The van der Waals surface area contributed by atoms with Gasteiger partial charge in [-0.05, 0) is 47.9 Å². The molecule has 0 fully saturated rings. The molecule has 1 heterocycles. The maximum atomic E-state index is 14.1. The van der Waals surface area contributed by atoms with Crippen molar-refractivity contribution in [1.82, 2.24) is 0 Å². The van der Waals surface area contributed by atoms with Crippen LogP contribution in [0.4, 0.5) is 13.2 Å². The minimum atomic E-state index is -3.31. The van der Waals surface area contributed by atoms with E-state index in [4.69, 9.17) is 4.74 Å². The van der Waals surface area contributed by atoms with Crippen molar-refractivity contribution < 1.29 is 26.3 Å². The number of benzene rings is 3. The van der Waals surface area contributed by atoms with Crippen LogP contribution < -0.4 is 4.74 Å². The molecule has 0 bridgehead atoms. The first-order chi connectivity index (χ1) is 12.7. The Morgan fingerprint density at radius 3 is 2.44 bits per heavy atom. The third-order valence-electron chi connectivity index (χ3n) is 4.80. The summed E-state index contributed by atoms with van der Waals surface area (Å²) in [5, 5.41) is 1.61. The van der Waals surface area contributed by atoms with Gasteiger partial charge in [0.1, 0.15) is 17.7 Å². The van der Waals surface area contributed by atoms with Crippen molar-refractivity contribution in [2.75, 3.05) is 6.26 Å². The van der Waals surface area contributed by atoms with Crippen molar-refractivity contribution in [3.8, 4) is 5.75 Å². The van der Waals surface area contributed by atoms with Crippen LogP contribution in [-0.2, 0) is 16.3 Å². The summed E-state index contributed by atoms with van der Waals surface area (Å²) in [4.78, 5) is 0.230. The van der Waals surface area contributed by atoms with Gasteiger partial charge in [-0.2, -0.15) is 0 Å². The van der Waals surface area contributed by atoms with Gasteiger partial charge in [0.05, 0.1) is 4.90 Å². The molecule has 1 unspecified atom stereocenters. The van der Waals surface area contributed by atoms with Crippen LogP contribution in [0.1, 0.15) is 23.7 Å². The lowest BCUT2D eigenvalue weighted by Crippen LogP contribution is -2.17. The molecule has 0 radical (unpaired) electrons. The molecule has 0 aromatic heterocycles. The summed E-state index contributed by atoms with van der Waals surface area (Å²) in [7, 11) is -3.31. The van der Waals surface area contributed by atoms with E-state index in [1.165, 1.54) is 0 Å². The first kappa shape index (κ1) is 17.9. The van der Waals surface area contributed by atoms with Gasteiger partial charge < -0.3 is 4.74 Å². The highest BCUT2D eigenvalue weighted by atomic mass is 32.2. The largest absolute Gasteiger partial charge is 0.485 e. The second kappa shape index (κ2) is 6.27. The second-order valence-corrected chi connectivity index (χ2v) is 8.65. The van der Waals surface area contributed by atoms with Crippen LogP contribution in [0.3, 0.4) is 0 Å². The zero-order valence-electron chi connectivity index (χ0n) is 14.3. The van der Waals surface area contributed by atoms with Crippen LogP contribution in [0.2, 0.25) is 0 Å². The first-order valence-corrected chi connectivity index (χ1v) is 10.2. The van der Waals surface area contributed by atoms with Crippen LogP contribution in [-0.4, -0.2) is 14.7 Å². The number of halogens is 3. The molecule has 0 spiro atoms. The van der Waals surface area contributed by atoms with E-state index in [1.54, 1.807) is 30.3 Å². The highest BCUT2D eigenvalue weighted by Crippen LogP contribution is 2.40. The molecule has 1 aliphatic rings. The molecule has 140 valence electrons. The molecule has 3 aromatic rings. The van der Waals surface area contributed by atoms with Crippen molar-refractivity contribution in [2.45, 2.75) is 23.8 Å². The standard InChI is InChI=1S/C20H15F3O3S/c1-27(24,25)12-3-4-13-11(8-12)2-6-19-14(13)5-7-20(26-19)15-9-17(22)18(23)10-16(15)21/h2-4,6,8-10,20H,5,7H2,1H3. The molecular weight excluding hydrogens is 377 g/mol. The van der Waals surface area contributed by atoms with Crippen LogP contribution >= 0.6 is 0 Å². The van der Waals surface area contributed by atoms with Crippen molar-refractivity contribution in [2.24, 2.45) is 0 Å². The summed E-state index contributed by atoms with van der Waals surface area (Å²) in [6, 6.07) is 9.65. The van der Waals surface area contributed by atoms with Gasteiger partial charge in [0, 0.05) is 23.4 Å². The molecule has 0 aliphatic carbocycles. The quantitative estimate of drug-likeness (QED) is 0.593. The van der Waals surface area contributed by atoms with Gasteiger partial charge in [0.2, 0.25) is 0 Å². The van der Waals surface area contributed by atoms with Gasteiger partial charge in [-0.15, -0.1) is 0 Å². The lowest BCUT2D eigenvalue weighted by atomic mass is 9.93. The molecular formula is C20H15F3O3S. The highest BCUT2D eigenvalue weighted by molar-refractivity contribution is 7.90. The number of hydrogen-bond acceptors (Lipinski definition) is 3. The van der Waals surface area contributed by atoms with E-state index in [2.05, 4.69) is 0 Å². The van der Waals surface area contributed by atoms with E-state index in [9.17, 15) is 21.6 Å². The smallest absolute Gasteiger partial charge is 0.175 e. The fourth-order valence-electron chi connectivity index (χ4n) is 3.44. The Morgan fingerprint density at radius 1 is 0.963 bits per heavy atom. The van der Waals surface area contributed by atoms with Crippen LogP contribution in [0, 0.1) is 17.5 Å². The van der Waals surface area contributed by atoms with Crippen LogP contribution in [0.25, 0.3) is 10.8 Å². The molecule has 1 aliphatic heterocycles. The number of sulfone groups is 1. The number of ether oxygens (including phenoxy) is 1. The SMILES string of the molecule is CS(=O)(=O)c1ccc2c3c(ccc2c1)OC(c1cc(F)c(F)cc1F)CC3. The van der Waals surface area contributed by atoms with Gasteiger partial charge in [0.15, 0.2) is 21.5 Å². The third-order valence-corrected chi connectivity index (χ3v) is 5.91. The zero-order chi connectivity index (χ0) is 19.3. The number of hydrogen-bond donors (Lipinski definition) is 0. The summed E-state index contributed by atoms with van der Waals surface area (Å²) in [5.41, 5.74) is 0.860. The molecule has 4 rings (SSSR count). The van der Waals surface area contributed by atoms with Crippen molar-refractivity contribution >= 4 is 20.6 Å². The first-order valence-electron chi connectivity index (χ1n) is 8.31. The van der Waals surface area contributed by atoms with E-state index in [-0.39, 0.29) is 10.5 Å². The Balaban J connectivity index is 1.74. The molecule has 0 saturated heterocycles. The minimum absolute atomic E-state index is 0.0212. The molecule has 3 nitrogen and oxygen atoms in total. The van der Waals surface area contributed by atoms with E-state index in [0.29, 0.717) is 24.7 Å². The number of rotatable bonds is 2. The zero-order valence-corrected chi connectivity index (χ0v) is 15.1. The molecule has 1 atom stereocenters. The summed E-state index contributed by atoms with van der Waals surface area (Å²) >= 11 is 0. The monoisotopic (exact) mass is 392 g/mol. The normalized spacial score (nSPS) is 16.8. The second-order valence-electron chi connectivity index (χ2n) is 6.63. The minimum Gasteiger partial charge on any atom is -0.485 e. The van der Waals surface area contributed by atoms with Gasteiger partial charge in [0.25, 0.3) is 0 Å². The Morgan fingerprint density at radius 2 is 1.70 bits per heavy atom. The Bertz CT molecular complexity index is 1170. The topological polar surface area (TPSA) is 43.4 Å². The lowest BCUT2D eigenvalue weighted by Gasteiger charge is -2.28. The average Bonchev–Trinajstić information content (AvgIpc) is 2.63. The average molecular weight is 392 g/mol. The predicted octanol–water partition coefficient (Wildman–Crippen LogP) is 4.73. The fourth-order valence-corrected chi connectivity index (χ4v) is 4.10. The maximum Gasteiger partial charge on any atom is 0.175 e. The highest BCUT2D eigenvalue weighted by Gasteiger charge is 2.26.